The molecule has 0 radical (unpaired) electrons. The van der Waals surface area contributed by atoms with Crippen molar-refractivity contribution in [3.05, 3.63) is 70.8 Å². The van der Waals surface area contributed by atoms with Gasteiger partial charge in [0.25, 0.3) is 0 Å². The number of Topliss-reactive ketones (excluding diaryl/α,β-unsaturated/α-hetero) is 1. The Kier molecular flexibility index (Phi) is 3.82. The van der Waals surface area contributed by atoms with Gasteiger partial charge in [-0.25, -0.2) is 0 Å². The van der Waals surface area contributed by atoms with Crippen LogP contribution in [0.25, 0.3) is 0 Å². The molecule has 1 fully saturated rings. The number of nitrogens with zero attached hydrogens (tertiary/aromatic N) is 4. The van der Waals surface area contributed by atoms with E-state index < -0.39 is 11.5 Å². The Morgan fingerprint density at radius 2 is 1.78 bits per heavy atom. The van der Waals surface area contributed by atoms with Crippen LogP contribution in [0.5, 0.6) is 0 Å². The summed E-state index contributed by atoms with van der Waals surface area (Å²) in [6, 6.07) is 19.7. The van der Waals surface area contributed by atoms with Crippen LogP contribution < -0.4 is 0 Å². The summed E-state index contributed by atoms with van der Waals surface area (Å²) in [5.41, 5.74) is 2.36. The maximum absolute atomic E-state index is 12.7. The highest BCUT2D eigenvalue weighted by atomic mass is 16.1. The van der Waals surface area contributed by atoms with Crippen LogP contribution >= 0.6 is 0 Å². The van der Waals surface area contributed by atoms with Gasteiger partial charge in [0, 0.05) is 5.92 Å². The highest BCUT2D eigenvalue weighted by Crippen LogP contribution is 2.57. The zero-order valence-electron chi connectivity index (χ0n) is 15.1. The molecule has 0 amide bonds. The molecule has 0 aromatic heterocycles. The SMILES string of the molecule is CC(=O)[C@@H]1[C@@H](c2ccc(C)cc2)[C@@H]2c3ccccc3C=NN2C1(C#N)C#N. The van der Waals surface area contributed by atoms with Crippen LogP contribution in [-0.4, -0.2) is 22.5 Å². The van der Waals surface area contributed by atoms with E-state index in [1.165, 1.54) is 6.92 Å². The lowest BCUT2D eigenvalue weighted by molar-refractivity contribution is -0.122. The van der Waals surface area contributed by atoms with Crippen LogP contribution in [0.15, 0.2) is 53.6 Å². The number of hydrogen-bond donors (Lipinski definition) is 0. The fraction of sp³-hybridized carbons (Fsp3) is 0.273. The van der Waals surface area contributed by atoms with Gasteiger partial charge in [-0.05, 0) is 30.5 Å². The fourth-order valence-corrected chi connectivity index (χ4v) is 4.44. The lowest BCUT2D eigenvalue weighted by Crippen LogP contribution is -2.46. The second-order valence-electron chi connectivity index (χ2n) is 7.18. The third-order valence-corrected chi connectivity index (χ3v) is 5.65. The minimum atomic E-state index is -1.63. The second-order valence-corrected chi connectivity index (χ2v) is 7.18. The number of aryl methyl sites for hydroxylation is 1. The molecule has 0 saturated carbocycles. The first-order valence-electron chi connectivity index (χ1n) is 8.85. The van der Waals surface area contributed by atoms with Crippen molar-refractivity contribution < 1.29 is 4.79 Å². The largest absolute Gasteiger partial charge is 0.300 e. The zero-order valence-corrected chi connectivity index (χ0v) is 15.1. The summed E-state index contributed by atoms with van der Waals surface area (Å²) in [5.74, 6) is -1.30. The third kappa shape index (κ3) is 2.29. The lowest BCUT2D eigenvalue weighted by Gasteiger charge is -2.33. The Hall–Kier alpha value is -3.44. The lowest BCUT2D eigenvalue weighted by atomic mass is 9.73. The molecule has 2 aromatic carbocycles. The molecule has 0 unspecified atom stereocenters. The van der Waals surface area contributed by atoms with Gasteiger partial charge in [0.15, 0.2) is 0 Å². The molecule has 2 aromatic rings. The summed E-state index contributed by atoms with van der Waals surface area (Å²) in [7, 11) is 0. The topological polar surface area (TPSA) is 80.2 Å². The van der Waals surface area contributed by atoms with Gasteiger partial charge in [-0.2, -0.15) is 15.6 Å². The normalized spacial score (nSPS) is 24.4. The molecule has 2 aliphatic heterocycles. The predicted molar refractivity (Wildman–Crippen MR) is 101 cm³/mol. The summed E-state index contributed by atoms with van der Waals surface area (Å²) >= 11 is 0. The molecule has 4 rings (SSSR count). The molecular formula is C22H18N4O. The average Bonchev–Trinajstić information content (AvgIpc) is 3.00. The van der Waals surface area contributed by atoms with Crippen LogP contribution in [0.4, 0.5) is 0 Å². The number of hydrazone groups is 1. The molecule has 3 atom stereocenters. The quantitative estimate of drug-likeness (QED) is 0.827. The molecule has 0 N–H and O–H groups in total. The van der Waals surface area contributed by atoms with Crippen LogP contribution in [0.3, 0.4) is 0 Å². The molecule has 5 nitrogen and oxygen atoms in total. The maximum atomic E-state index is 12.7. The molecule has 2 heterocycles. The highest BCUT2D eigenvalue weighted by Gasteiger charge is 2.63. The van der Waals surface area contributed by atoms with E-state index in [9.17, 15) is 15.3 Å². The molecule has 1 saturated heterocycles. The molecule has 0 spiro atoms. The number of ketones is 1. The minimum absolute atomic E-state index is 0.175. The van der Waals surface area contributed by atoms with E-state index in [0.29, 0.717) is 0 Å². The van der Waals surface area contributed by atoms with Gasteiger partial charge in [-0.3, -0.25) is 9.80 Å². The number of nitriles is 2. The van der Waals surface area contributed by atoms with Crippen molar-refractivity contribution in [1.82, 2.24) is 5.01 Å². The van der Waals surface area contributed by atoms with Gasteiger partial charge >= 0.3 is 0 Å². The molecule has 2 aliphatic rings. The number of carbonyl (C=O) groups is 1. The van der Waals surface area contributed by atoms with E-state index >= 15 is 0 Å². The number of hydrogen-bond acceptors (Lipinski definition) is 5. The first-order chi connectivity index (χ1) is 13.0. The van der Waals surface area contributed by atoms with E-state index in [1.54, 1.807) is 11.2 Å². The van der Waals surface area contributed by atoms with E-state index in [1.807, 2.05) is 55.5 Å². The van der Waals surface area contributed by atoms with E-state index in [0.717, 1.165) is 22.3 Å². The number of rotatable bonds is 2. The molecule has 132 valence electrons. The van der Waals surface area contributed by atoms with Crippen LogP contribution in [0.2, 0.25) is 0 Å². The fourth-order valence-electron chi connectivity index (χ4n) is 4.44. The Bertz CT molecular complexity index is 1010. The van der Waals surface area contributed by atoms with Gasteiger partial charge in [-0.15, -0.1) is 0 Å². The smallest absolute Gasteiger partial charge is 0.240 e. The van der Waals surface area contributed by atoms with Crippen LogP contribution in [0, 0.1) is 35.5 Å². The summed E-state index contributed by atoms with van der Waals surface area (Å²) < 4.78 is 0. The second kappa shape index (κ2) is 6.07. The molecule has 0 aliphatic carbocycles. The first kappa shape index (κ1) is 17.0. The van der Waals surface area contributed by atoms with Crippen LogP contribution in [0.1, 0.15) is 41.1 Å². The summed E-state index contributed by atoms with van der Waals surface area (Å²) in [4.78, 5) is 12.7. The first-order valence-corrected chi connectivity index (χ1v) is 8.85. The Morgan fingerprint density at radius 1 is 1.11 bits per heavy atom. The van der Waals surface area contributed by atoms with Crippen molar-refractivity contribution in [3.63, 3.8) is 0 Å². The van der Waals surface area contributed by atoms with Crippen molar-refractivity contribution in [1.29, 1.82) is 10.5 Å². The summed E-state index contributed by atoms with van der Waals surface area (Å²) in [6.07, 6.45) is 1.67. The van der Waals surface area contributed by atoms with E-state index in [-0.39, 0.29) is 17.7 Å². The number of benzene rings is 2. The molecule has 5 heteroatoms. The molecular weight excluding hydrogens is 336 g/mol. The summed E-state index contributed by atoms with van der Waals surface area (Å²) in [6.45, 7) is 3.46. The monoisotopic (exact) mass is 354 g/mol. The van der Waals surface area contributed by atoms with Gasteiger partial charge in [-0.1, -0.05) is 54.1 Å². The number of fused-ring (bicyclic) bond motifs is 3. The van der Waals surface area contributed by atoms with Crippen molar-refractivity contribution in [3.8, 4) is 12.1 Å². The Balaban J connectivity index is 2.01. The van der Waals surface area contributed by atoms with E-state index in [2.05, 4.69) is 17.2 Å². The van der Waals surface area contributed by atoms with Gasteiger partial charge in [0.2, 0.25) is 5.54 Å². The van der Waals surface area contributed by atoms with Crippen molar-refractivity contribution >= 4 is 12.0 Å². The summed E-state index contributed by atoms with van der Waals surface area (Å²) in [5, 5.41) is 26.0. The third-order valence-electron chi connectivity index (χ3n) is 5.65. The molecule has 0 bridgehead atoms. The highest BCUT2D eigenvalue weighted by molar-refractivity contribution is 5.87. The van der Waals surface area contributed by atoms with Gasteiger partial charge in [0.05, 0.1) is 18.2 Å². The molecule has 27 heavy (non-hydrogen) atoms. The van der Waals surface area contributed by atoms with Crippen LogP contribution in [-0.2, 0) is 4.79 Å². The van der Waals surface area contributed by atoms with Crippen molar-refractivity contribution in [2.24, 2.45) is 11.0 Å². The average molecular weight is 354 g/mol. The zero-order chi connectivity index (χ0) is 19.2. The Morgan fingerprint density at radius 3 is 2.41 bits per heavy atom. The van der Waals surface area contributed by atoms with E-state index in [4.69, 9.17) is 0 Å². The van der Waals surface area contributed by atoms with Crippen molar-refractivity contribution in [2.45, 2.75) is 31.3 Å². The van der Waals surface area contributed by atoms with Crippen molar-refractivity contribution in [2.75, 3.05) is 0 Å². The van der Waals surface area contributed by atoms with Gasteiger partial charge in [0.1, 0.15) is 17.9 Å². The maximum Gasteiger partial charge on any atom is 0.240 e. The Labute approximate surface area is 158 Å². The predicted octanol–water partition coefficient (Wildman–Crippen LogP) is 3.47. The van der Waals surface area contributed by atoms with Gasteiger partial charge < -0.3 is 0 Å². The number of carbonyl (C=O) groups excluding carboxylic acids is 1. The standard InChI is InChI=1S/C22H18N4O/c1-14-7-9-16(10-8-14)19-20(15(2)27)22(12-23,13-24)26-21(19)18-6-4-3-5-17(18)11-25-26/h3-11,19-21H,1-2H3/t19-,20-,21+/m1/s1. The minimum Gasteiger partial charge on any atom is -0.300 e.